The van der Waals surface area contributed by atoms with Crippen LogP contribution in [0.3, 0.4) is 0 Å². The number of para-hydroxylation sites is 1. The summed E-state index contributed by atoms with van der Waals surface area (Å²) in [5.74, 6) is -0.930. The number of thiazole rings is 1. The van der Waals surface area contributed by atoms with Gasteiger partial charge >= 0.3 is 5.97 Å². The lowest BCUT2D eigenvalue weighted by molar-refractivity contribution is -0.131. The largest absolute Gasteiger partial charge is 0.477 e. The molecule has 0 fully saturated rings. The Balaban J connectivity index is 1.92. The molecule has 2 aromatic heterocycles. The molecule has 0 unspecified atom stereocenters. The fourth-order valence-corrected chi connectivity index (χ4v) is 4.27. The molecule has 0 aliphatic heterocycles. The second-order valence-electron chi connectivity index (χ2n) is 3.92. The van der Waals surface area contributed by atoms with Gasteiger partial charge in [-0.25, -0.2) is 9.78 Å². The van der Waals surface area contributed by atoms with E-state index in [4.69, 9.17) is 0 Å². The Morgan fingerprint density at radius 2 is 2.15 bits per heavy atom. The second-order valence-corrected chi connectivity index (χ2v) is 7.02. The summed E-state index contributed by atoms with van der Waals surface area (Å²) in [7, 11) is 0. The van der Waals surface area contributed by atoms with E-state index < -0.39 is 5.97 Å². The lowest BCUT2D eigenvalue weighted by Crippen LogP contribution is -1.96. The predicted molar refractivity (Wildman–Crippen MR) is 85.4 cm³/mol. The third-order valence-electron chi connectivity index (χ3n) is 2.52. The van der Waals surface area contributed by atoms with Crippen molar-refractivity contribution in [2.24, 2.45) is 0 Å². The summed E-state index contributed by atoms with van der Waals surface area (Å²) in [5, 5.41) is 13.1. The van der Waals surface area contributed by atoms with Crippen LogP contribution in [-0.2, 0) is 4.79 Å². The maximum Gasteiger partial charge on any atom is 0.342 e. The number of carboxylic acid groups (broad SMARTS) is 1. The number of hydrogen-bond donors (Lipinski definition) is 1. The molecule has 0 saturated carbocycles. The van der Waals surface area contributed by atoms with Gasteiger partial charge in [-0.2, -0.15) is 11.3 Å². The van der Waals surface area contributed by atoms with Crippen molar-refractivity contribution < 1.29 is 9.90 Å². The molecule has 1 aromatic carbocycles. The molecule has 1 N–H and O–H groups in total. The quantitative estimate of drug-likeness (QED) is 0.565. The Hall–Kier alpha value is -1.63. The highest BCUT2D eigenvalue weighted by Gasteiger charge is 2.13. The molecule has 3 rings (SSSR count). The zero-order valence-corrected chi connectivity index (χ0v) is 12.6. The molecule has 0 bridgehead atoms. The summed E-state index contributed by atoms with van der Waals surface area (Å²) in [5.41, 5.74) is 1.81. The lowest BCUT2D eigenvalue weighted by Gasteiger charge is -1.97. The van der Waals surface area contributed by atoms with Gasteiger partial charge in [-0.1, -0.05) is 23.9 Å². The minimum absolute atomic E-state index is 0.280. The van der Waals surface area contributed by atoms with Gasteiger partial charge in [0.05, 0.1) is 10.2 Å². The van der Waals surface area contributed by atoms with E-state index in [1.807, 2.05) is 41.1 Å². The molecule has 0 amide bonds. The monoisotopic (exact) mass is 319 g/mol. The van der Waals surface area contributed by atoms with Crippen LogP contribution in [0.15, 0.2) is 50.3 Å². The SMILES string of the molecule is O=C(O)/C(=C\c1ccsc1)Sc1nc2ccccc2s1. The van der Waals surface area contributed by atoms with Crippen LogP contribution in [0.25, 0.3) is 16.3 Å². The van der Waals surface area contributed by atoms with Crippen LogP contribution in [0.2, 0.25) is 0 Å². The van der Waals surface area contributed by atoms with Crippen molar-refractivity contribution in [2.75, 3.05) is 0 Å². The molecular weight excluding hydrogens is 310 g/mol. The maximum atomic E-state index is 11.3. The molecule has 3 nitrogen and oxygen atoms in total. The molecule has 6 heteroatoms. The molecule has 0 saturated heterocycles. The number of fused-ring (bicyclic) bond motifs is 1. The van der Waals surface area contributed by atoms with Crippen LogP contribution in [0.4, 0.5) is 0 Å². The van der Waals surface area contributed by atoms with E-state index in [1.54, 1.807) is 17.4 Å². The van der Waals surface area contributed by atoms with E-state index in [0.29, 0.717) is 0 Å². The highest BCUT2D eigenvalue weighted by Crippen LogP contribution is 2.34. The highest BCUT2D eigenvalue weighted by molar-refractivity contribution is 8.05. The fraction of sp³-hybridized carbons (Fsp3) is 0. The van der Waals surface area contributed by atoms with Gasteiger partial charge in [0.15, 0.2) is 4.34 Å². The Morgan fingerprint density at radius 1 is 1.30 bits per heavy atom. The van der Waals surface area contributed by atoms with Gasteiger partial charge in [-0.05, 0) is 40.6 Å². The maximum absolute atomic E-state index is 11.3. The summed E-state index contributed by atoms with van der Waals surface area (Å²) in [6.07, 6.45) is 1.68. The van der Waals surface area contributed by atoms with Crippen LogP contribution in [0.5, 0.6) is 0 Å². The molecular formula is C14H9NO2S3. The van der Waals surface area contributed by atoms with Crippen molar-refractivity contribution in [1.82, 2.24) is 4.98 Å². The van der Waals surface area contributed by atoms with Crippen LogP contribution in [-0.4, -0.2) is 16.1 Å². The Morgan fingerprint density at radius 3 is 2.85 bits per heavy atom. The zero-order valence-electron chi connectivity index (χ0n) is 10.1. The summed E-state index contributed by atoms with van der Waals surface area (Å²) in [4.78, 5) is 16.1. The molecule has 0 aliphatic carbocycles. The van der Waals surface area contributed by atoms with E-state index in [1.165, 1.54) is 23.1 Å². The standard InChI is InChI=1S/C14H9NO2S3/c16-13(17)12(7-9-5-6-18-8-9)20-14-15-10-3-1-2-4-11(10)19-14/h1-8H,(H,16,17)/b12-7+. The van der Waals surface area contributed by atoms with Crippen molar-refractivity contribution >= 4 is 56.7 Å². The van der Waals surface area contributed by atoms with E-state index in [0.717, 1.165) is 20.1 Å². The minimum atomic E-state index is -0.930. The fourth-order valence-electron chi connectivity index (χ4n) is 1.63. The summed E-state index contributed by atoms with van der Waals surface area (Å²) >= 11 is 4.24. The smallest absolute Gasteiger partial charge is 0.342 e. The van der Waals surface area contributed by atoms with Crippen molar-refractivity contribution in [3.8, 4) is 0 Å². The van der Waals surface area contributed by atoms with Gasteiger partial charge < -0.3 is 5.11 Å². The summed E-state index contributed by atoms with van der Waals surface area (Å²) in [6, 6.07) is 9.69. The first-order valence-electron chi connectivity index (χ1n) is 5.73. The number of nitrogens with zero attached hydrogens (tertiary/aromatic N) is 1. The van der Waals surface area contributed by atoms with Crippen LogP contribution in [0, 0.1) is 0 Å². The average Bonchev–Trinajstić information content (AvgIpc) is 3.05. The van der Waals surface area contributed by atoms with E-state index >= 15 is 0 Å². The lowest BCUT2D eigenvalue weighted by atomic mass is 10.3. The number of carbonyl (C=O) groups is 1. The topological polar surface area (TPSA) is 50.2 Å². The van der Waals surface area contributed by atoms with Gasteiger partial charge in [0, 0.05) is 0 Å². The molecule has 2 heterocycles. The number of aromatic nitrogens is 1. The number of carboxylic acids is 1. The van der Waals surface area contributed by atoms with Crippen molar-refractivity contribution in [1.29, 1.82) is 0 Å². The Bertz CT molecular complexity index is 742. The molecule has 0 spiro atoms. The Kier molecular flexibility index (Phi) is 3.86. The number of rotatable bonds is 4. The van der Waals surface area contributed by atoms with Gasteiger partial charge in [0.2, 0.25) is 0 Å². The molecule has 20 heavy (non-hydrogen) atoms. The molecule has 100 valence electrons. The van der Waals surface area contributed by atoms with Crippen molar-refractivity contribution in [3.63, 3.8) is 0 Å². The van der Waals surface area contributed by atoms with E-state index in [2.05, 4.69) is 4.98 Å². The average molecular weight is 319 g/mol. The number of aliphatic carboxylic acids is 1. The van der Waals surface area contributed by atoms with Gasteiger partial charge in [-0.3, -0.25) is 0 Å². The first kappa shape index (κ1) is 13.4. The highest BCUT2D eigenvalue weighted by atomic mass is 32.2. The summed E-state index contributed by atoms with van der Waals surface area (Å²) < 4.78 is 1.81. The molecule has 0 radical (unpaired) electrons. The first-order valence-corrected chi connectivity index (χ1v) is 8.30. The van der Waals surface area contributed by atoms with Crippen LogP contribution >= 0.6 is 34.4 Å². The third-order valence-corrected chi connectivity index (χ3v) is 5.33. The van der Waals surface area contributed by atoms with Gasteiger partial charge in [-0.15, -0.1) is 11.3 Å². The van der Waals surface area contributed by atoms with Crippen molar-refractivity contribution in [3.05, 3.63) is 51.6 Å². The van der Waals surface area contributed by atoms with Crippen molar-refractivity contribution in [2.45, 2.75) is 4.34 Å². The Labute approximate surface area is 127 Å². The van der Waals surface area contributed by atoms with Crippen LogP contribution in [0.1, 0.15) is 5.56 Å². The zero-order chi connectivity index (χ0) is 13.9. The predicted octanol–water partition coefficient (Wildman–Crippen LogP) is 4.58. The van der Waals surface area contributed by atoms with E-state index in [9.17, 15) is 9.90 Å². The summed E-state index contributed by atoms with van der Waals surface area (Å²) in [6.45, 7) is 0. The normalized spacial score (nSPS) is 11.9. The number of thioether (sulfide) groups is 1. The first-order chi connectivity index (χ1) is 9.72. The number of thiophene rings is 1. The van der Waals surface area contributed by atoms with Gasteiger partial charge in [0.25, 0.3) is 0 Å². The molecule has 0 atom stereocenters. The van der Waals surface area contributed by atoms with Gasteiger partial charge in [0.1, 0.15) is 4.91 Å². The van der Waals surface area contributed by atoms with Crippen LogP contribution < -0.4 is 0 Å². The molecule has 3 aromatic rings. The minimum Gasteiger partial charge on any atom is -0.477 e. The number of benzene rings is 1. The number of hydrogen-bond acceptors (Lipinski definition) is 5. The van der Waals surface area contributed by atoms with E-state index in [-0.39, 0.29) is 4.91 Å². The third kappa shape index (κ3) is 2.92. The molecule has 0 aliphatic rings. The second kappa shape index (κ2) is 5.78.